The molecule has 2 N–H and O–H groups in total. The van der Waals surface area contributed by atoms with Crippen LogP contribution in [0.5, 0.6) is 5.75 Å². The lowest BCUT2D eigenvalue weighted by molar-refractivity contribution is -0.120. The molecule has 1 heterocycles. The lowest BCUT2D eigenvalue weighted by atomic mass is 9.96. The topological polar surface area (TPSA) is 52.3 Å². The highest BCUT2D eigenvalue weighted by molar-refractivity contribution is 5.83. The van der Waals surface area contributed by atoms with Gasteiger partial charge in [-0.15, -0.1) is 0 Å². The zero-order chi connectivity index (χ0) is 13.8. The summed E-state index contributed by atoms with van der Waals surface area (Å²) < 4.78 is 5.47. The van der Waals surface area contributed by atoms with Gasteiger partial charge >= 0.3 is 0 Å². The molecule has 19 heavy (non-hydrogen) atoms. The summed E-state index contributed by atoms with van der Waals surface area (Å²) in [6, 6.07) is 5.91. The third-order valence-electron chi connectivity index (χ3n) is 3.55. The summed E-state index contributed by atoms with van der Waals surface area (Å²) in [5.74, 6) is 1.63. The molecule has 0 saturated carbocycles. The third kappa shape index (κ3) is 3.80. The summed E-state index contributed by atoms with van der Waals surface area (Å²) >= 11 is 0. The molecule has 1 aromatic carbocycles. The minimum Gasteiger partial charge on any atom is -0.493 e. The highest BCUT2D eigenvalue weighted by atomic mass is 16.5. The van der Waals surface area contributed by atoms with Crippen LogP contribution in [-0.4, -0.2) is 18.4 Å². The van der Waals surface area contributed by atoms with E-state index >= 15 is 0 Å². The maximum atomic E-state index is 11.9. The molecule has 1 aromatic rings. The van der Waals surface area contributed by atoms with Crippen molar-refractivity contribution >= 4 is 5.78 Å². The minimum atomic E-state index is -0.308. The van der Waals surface area contributed by atoms with Gasteiger partial charge in [-0.2, -0.15) is 0 Å². The molecule has 0 aromatic heterocycles. The second-order valence-corrected chi connectivity index (χ2v) is 5.74. The second kappa shape index (κ2) is 6.20. The number of carbonyl (C=O) groups is 1. The normalized spacial score (nSPS) is 15.2. The Morgan fingerprint density at radius 3 is 2.95 bits per heavy atom. The van der Waals surface area contributed by atoms with Gasteiger partial charge in [-0.05, 0) is 36.0 Å². The van der Waals surface area contributed by atoms with Crippen LogP contribution in [0.25, 0.3) is 0 Å². The van der Waals surface area contributed by atoms with Crippen LogP contribution >= 0.6 is 0 Å². The van der Waals surface area contributed by atoms with Crippen molar-refractivity contribution in [1.82, 2.24) is 0 Å². The molecule has 0 bridgehead atoms. The fourth-order valence-electron chi connectivity index (χ4n) is 2.49. The van der Waals surface area contributed by atoms with E-state index in [0.29, 0.717) is 12.3 Å². The Morgan fingerprint density at radius 2 is 2.21 bits per heavy atom. The maximum absolute atomic E-state index is 11.9. The number of ketones is 1. The summed E-state index contributed by atoms with van der Waals surface area (Å²) in [6.07, 6.45) is 3.06. The van der Waals surface area contributed by atoms with Crippen molar-refractivity contribution in [3.05, 3.63) is 29.3 Å². The first-order chi connectivity index (χ1) is 9.06. The number of rotatable bonds is 6. The number of ether oxygens (including phenoxy) is 1. The fraction of sp³-hybridized carbons (Fsp3) is 0.562. The van der Waals surface area contributed by atoms with Crippen molar-refractivity contribution < 1.29 is 9.53 Å². The van der Waals surface area contributed by atoms with Gasteiger partial charge < -0.3 is 10.5 Å². The monoisotopic (exact) mass is 261 g/mol. The van der Waals surface area contributed by atoms with E-state index in [4.69, 9.17) is 10.5 Å². The maximum Gasteiger partial charge on any atom is 0.149 e. The largest absolute Gasteiger partial charge is 0.493 e. The van der Waals surface area contributed by atoms with E-state index in [-0.39, 0.29) is 11.8 Å². The molecule has 1 atom stereocenters. The van der Waals surface area contributed by atoms with E-state index in [1.54, 1.807) is 0 Å². The molecule has 1 aliphatic heterocycles. The number of benzene rings is 1. The summed E-state index contributed by atoms with van der Waals surface area (Å²) in [7, 11) is 0. The molecule has 0 amide bonds. The molecular formula is C16H23NO2. The predicted molar refractivity (Wildman–Crippen MR) is 76.4 cm³/mol. The lowest BCUT2D eigenvalue weighted by Crippen LogP contribution is -2.32. The molecule has 0 saturated heterocycles. The SMILES string of the molecule is CC(C)CC(N)C(=O)CCc1ccc2c(c1)CCO2. The predicted octanol–water partition coefficient (Wildman–Crippen LogP) is 2.50. The lowest BCUT2D eigenvalue weighted by Gasteiger charge is -2.12. The number of hydrogen-bond acceptors (Lipinski definition) is 3. The van der Waals surface area contributed by atoms with Gasteiger partial charge in [-0.3, -0.25) is 4.79 Å². The number of Topliss-reactive ketones (excluding diaryl/α,β-unsaturated/α-hetero) is 1. The van der Waals surface area contributed by atoms with E-state index in [1.165, 1.54) is 11.1 Å². The van der Waals surface area contributed by atoms with E-state index in [1.807, 2.05) is 12.1 Å². The molecule has 0 aliphatic carbocycles. The second-order valence-electron chi connectivity index (χ2n) is 5.74. The molecule has 0 radical (unpaired) electrons. The summed E-state index contributed by atoms with van der Waals surface area (Å²) in [4.78, 5) is 11.9. The number of nitrogens with two attached hydrogens (primary N) is 1. The smallest absolute Gasteiger partial charge is 0.149 e. The van der Waals surface area contributed by atoms with Crippen LogP contribution in [0.15, 0.2) is 18.2 Å². The Kier molecular flexibility index (Phi) is 4.59. The molecule has 3 nitrogen and oxygen atoms in total. The van der Waals surface area contributed by atoms with Crippen molar-refractivity contribution in [2.45, 2.75) is 45.6 Å². The molecular weight excluding hydrogens is 238 g/mol. The van der Waals surface area contributed by atoms with Crippen molar-refractivity contribution in [2.24, 2.45) is 11.7 Å². The quantitative estimate of drug-likeness (QED) is 0.856. The Bertz CT molecular complexity index is 454. The number of fused-ring (bicyclic) bond motifs is 1. The zero-order valence-corrected chi connectivity index (χ0v) is 11.8. The Morgan fingerprint density at radius 1 is 1.42 bits per heavy atom. The molecule has 3 heteroatoms. The molecule has 0 spiro atoms. The van der Waals surface area contributed by atoms with Crippen LogP contribution in [0.2, 0.25) is 0 Å². The Hall–Kier alpha value is -1.35. The van der Waals surface area contributed by atoms with Gasteiger partial charge in [0.15, 0.2) is 0 Å². The van der Waals surface area contributed by atoms with Crippen LogP contribution in [0.1, 0.15) is 37.8 Å². The first kappa shape index (κ1) is 14.1. The number of hydrogen-bond donors (Lipinski definition) is 1. The summed E-state index contributed by atoms with van der Waals surface area (Å²) in [6.45, 7) is 4.96. The van der Waals surface area contributed by atoms with Crippen molar-refractivity contribution in [3.63, 3.8) is 0 Å². The number of carbonyl (C=O) groups excluding carboxylic acids is 1. The summed E-state index contributed by atoms with van der Waals surface area (Å²) in [5.41, 5.74) is 8.37. The van der Waals surface area contributed by atoms with E-state index < -0.39 is 0 Å². The van der Waals surface area contributed by atoms with Gasteiger partial charge in [0.25, 0.3) is 0 Å². The zero-order valence-electron chi connectivity index (χ0n) is 11.8. The Balaban J connectivity index is 1.87. The average Bonchev–Trinajstić information content (AvgIpc) is 2.82. The molecule has 1 unspecified atom stereocenters. The third-order valence-corrected chi connectivity index (χ3v) is 3.55. The molecule has 104 valence electrons. The van der Waals surface area contributed by atoms with Crippen molar-refractivity contribution in [2.75, 3.05) is 6.61 Å². The van der Waals surface area contributed by atoms with Crippen LogP contribution in [0.4, 0.5) is 0 Å². The highest BCUT2D eigenvalue weighted by Gasteiger charge is 2.16. The van der Waals surface area contributed by atoms with Gasteiger partial charge in [-0.1, -0.05) is 26.0 Å². The first-order valence-corrected chi connectivity index (χ1v) is 7.09. The van der Waals surface area contributed by atoms with Crippen LogP contribution in [0.3, 0.4) is 0 Å². The standard InChI is InChI=1S/C16H23NO2/c1-11(2)9-14(17)15(18)5-3-12-4-6-16-13(10-12)7-8-19-16/h4,6,10-11,14H,3,5,7-9,17H2,1-2H3. The van der Waals surface area contributed by atoms with Gasteiger partial charge in [0.2, 0.25) is 0 Å². The van der Waals surface area contributed by atoms with E-state index in [0.717, 1.165) is 31.6 Å². The van der Waals surface area contributed by atoms with Crippen LogP contribution < -0.4 is 10.5 Å². The average molecular weight is 261 g/mol. The summed E-state index contributed by atoms with van der Waals surface area (Å²) in [5, 5.41) is 0. The van der Waals surface area contributed by atoms with Gasteiger partial charge in [0.1, 0.15) is 11.5 Å². The molecule has 1 aliphatic rings. The van der Waals surface area contributed by atoms with Crippen molar-refractivity contribution in [1.29, 1.82) is 0 Å². The minimum absolute atomic E-state index is 0.172. The van der Waals surface area contributed by atoms with Gasteiger partial charge in [0, 0.05) is 12.8 Å². The Labute approximate surface area is 115 Å². The molecule has 2 rings (SSSR count). The van der Waals surface area contributed by atoms with Crippen molar-refractivity contribution in [3.8, 4) is 5.75 Å². The van der Waals surface area contributed by atoms with Crippen LogP contribution in [0, 0.1) is 5.92 Å². The molecule has 0 fully saturated rings. The van der Waals surface area contributed by atoms with Gasteiger partial charge in [-0.25, -0.2) is 0 Å². The van der Waals surface area contributed by atoms with Crippen LogP contribution in [-0.2, 0) is 17.6 Å². The first-order valence-electron chi connectivity index (χ1n) is 7.09. The van der Waals surface area contributed by atoms with E-state index in [2.05, 4.69) is 19.9 Å². The van der Waals surface area contributed by atoms with E-state index in [9.17, 15) is 4.79 Å². The highest BCUT2D eigenvalue weighted by Crippen LogP contribution is 2.26. The van der Waals surface area contributed by atoms with Gasteiger partial charge in [0.05, 0.1) is 12.6 Å². The number of aryl methyl sites for hydroxylation is 1. The fourth-order valence-corrected chi connectivity index (χ4v) is 2.49.